The first kappa shape index (κ1) is 16.3. The summed E-state index contributed by atoms with van der Waals surface area (Å²) in [5.41, 5.74) is 4.14. The van der Waals surface area contributed by atoms with E-state index >= 15 is 0 Å². The van der Waals surface area contributed by atoms with Crippen molar-refractivity contribution in [2.75, 3.05) is 30.8 Å². The fourth-order valence-electron chi connectivity index (χ4n) is 2.95. The maximum absolute atomic E-state index is 12.3. The molecule has 2 aromatic rings. The van der Waals surface area contributed by atoms with Crippen LogP contribution in [0.4, 0.5) is 16.2 Å². The Morgan fingerprint density at radius 1 is 1.17 bits per heavy atom. The molecule has 0 atom stereocenters. The second kappa shape index (κ2) is 7.36. The van der Waals surface area contributed by atoms with Crippen LogP contribution in [0.2, 0.25) is 0 Å². The van der Waals surface area contributed by atoms with E-state index in [0.29, 0.717) is 6.61 Å². The monoisotopic (exact) mass is 325 g/mol. The third-order valence-electron chi connectivity index (χ3n) is 4.13. The van der Waals surface area contributed by atoms with Crippen LogP contribution in [0.15, 0.2) is 42.5 Å². The zero-order valence-electron chi connectivity index (χ0n) is 14.1. The van der Waals surface area contributed by atoms with E-state index in [9.17, 15) is 4.79 Å². The van der Waals surface area contributed by atoms with Gasteiger partial charge in [0.05, 0.1) is 6.61 Å². The van der Waals surface area contributed by atoms with Crippen molar-refractivity contribution < 1.29 is 9.53 Å². The van der Waals surface area contributed by atoms with E-state index in [-0.39, 0.29) is 6.03 Å². The van der Waals surface area contributed by atoms with Gasteiger partial charge in [0.2, 0.25) is 0 Å². The number of ether oxygens (including phenoxy) is 1. The van der Waals surface area contributed by atoms with Crippen LogP contribution in [0.5, 0.6) is 5.75 Å². The normalized spacial score (nSPS) is 13.9. The predicted molar refractivity (Wildman–Crippen MR) is 96.7 cm³/mol. The first-order valence-electron chi connectivity index (χ1n) is 8.26. The van der Waals surface area contributed by atoms with Gasteiger partial charge < -0.3 is 20.3 Å². The summed E-state index contributed by atoms with van der Waals surface area (Å²) in [4.78, 5) is 14.6. The van der Waals surface area contributed by atoms with Gasteiger partial charge in [0.1, 0.15) is 5.75 Å². The van der Waals surface area contributed by atoms with Crippen molar-refractivity contribution in [3.63, 3.8) is 0 Å². The molecule has 2 N–H and O–H groups in total. The van der Waals surface area contributed by atoms with Crippen LogP contribution < -0.4 is 15.4 Å². The Balaban J connectivity index is 1.66. The molecule has 5 heteroatoms. The maximum atomic E-state index is 12.3. The van der Waals surface area contributed by atoms with Crippen LogP contribution in [-0.4, -0.2) is 31.1 Å². The van der Waals surface area contributed by atoms with Crippen molar-refractivity contribution in [1.82, 2.24) is 4.90 Å². The van der Waals surface area contributed by atoms with Gasteiger partial charge in [0.25, 0.3) is 0 Å². The van der Waals surface area contributed by atoms with E-state index in [4.69, 9.17) is 4.74 Å². The topological polar surface area (TPSA) is 53.6 Å². The number of nitrogens with zero attached hydrogens (tertiary/aromatic N) is 1. The molecule has 0 saturated carbocycles. The maximum Gasteiger partial charge on any atom is 0.323 e. The highest BCUT2D eigenvalue weighted by atomic mass is 16.5. The highest BCUT2D eigenvalue weighted by molar-refractivity contribution is 6.00. The number of carbonyl (C=O) groups is 1. The van der Waals surface area contributed by atoms with E-state index in [1.54, 1.807) is 0 Å². The minimum atomic E-state index is -0.230. The minimum absolute atomic E-state index is 0.230. The number of anilines is 2. The number of amides is 2. The largest absolute Gasteiger partial charge is 0.494 e. The molecule has 0 unspecified atom stereocenters. The first-order valence-corrected chi connectivity index (χ1v) is 8.26. The van der Waals surface area contributed by atoms with Gasteiger partial charge in [-0.3, -0.25) is 0 Å². The molecule has 0 radical (unpaired) electrons. The summed E-state index contributed by atoms with van der Waals surface area (Å²) >= 11 is 0. The van der Waals surface area contributed by atoms with Crippen LogP contribution in [-0.2, 0) is 13.0 Å². The van der Waals surface area contributed by atoms with Crippen LogP contribution in [0.25, 0.3) is 0 Å². The number of likely N-dealkylation sites (N-methyl/N-ethyl adjacent to an activating group) is 1. The van der Waals surface area contributed by atoms with Crippen molar-refractivity contribution in [1.29, 1.82) is 0 Å². The van der Waals surface area contributed by atoms with Gasteiger partial charge in [-0.25, -0.2) is 4.79 Å². The van der Waals surface area contributed by atoms with Gasteiger partial charge in [0.15, 0.2) is 0 Å². The molecule has 24 heavy (non-hydrogen) atoms. The molecule has 126 valence electrons. The van der Waals surface area contributed by atoms with Gasteiger partial charge in [-0.1, -0.05) is 12.1 Å². The van der Waals surface area contributed by atoms with E-state index < -0.39 is 0 Å². The number of urea groups is 1. The Kier molecular flexibility index (Phi) is 5.01. The fraction of sp³-hybridized carbons (Fsp3) is 0.316. The zero-order valence-corrected chi connectivity index (χ0v) is 14.1. The molecule has 0 spiro atoms. The molecule has 1 heterocycles. The molecule has 0 saturated heterocycles. The van der Waals surface area contributed by atoms with Gasteiger partial charge in [-0.05, 0) is 61.9 Å². The molecular formula is C19H23N3O2. The summed E-state index contributed by atoms with van der Waals surface area (Å²) in [5, 5.41) is 5.83. The van der Waals surface area contributed by atoms with Gasteiger partial charge in [0, 0.05) is 24.5 Å². The van der Waals surface area contributed by atoms with E-state index in [0.717, 1.165) is 36.6 Å². The van der Waals surface area contributed by atoms with E-state index in [1.807, 2.05) is 43.3 Å². The number of benzene rings is 2. The molecular weight excluding hydrogens is 302 g/mol. The summed E-state index contributed by atoms with van der Waals surface area (Å²) in [5.74, 6) is 0.796. The van der Waals surface area contributed by atoms with Crippen molar-refractivity contribution in [2.24, 2.45) is 0 Å². The Morgan fingerprint density at radius 3 is 2.71 bits per heavy atom. The lowest BCUT2D eigenvalue weighted by Crippen LogP contribution is -2.28. The van der Waals surface area contributed by atoms with Gasteiger partial charge in [-0.15, -0.1) is 0 Å². The number of fused-ring (bicyclic) bond motifs is 1. The van der Waals surface area contributed by atoms with Crippen LogP contribution in [0.1, 0.15) is 18.1 Å². The molecule has 0 fully saturated rings. The molecule has 2 aromatic carbocycles. The summed E-state index contributed by atoms with van der Waals surface area (Å²) in [6.45, 7) is 4.50. The third kappa shape index (κ3) is 3.86. The van der Waals surface area contributed by atoms with E-state index in [2.05, 4.69) is 28.6 Å². The van der Waals surface area contributed by atoms with E-state index in [1.165, 1.54) is 11.1 Å². The predicted octanol–water partition coefficient (Wildman–Crippen LogP) is 3.72. The first-order chi connectivity index (χ1) is 11.7. The van der Waals surface area contributed by atoms with Crippen LogP contribution >= 0.6 is 0 Å². The molecule has 2 amide bonds. The molecule has 1 aliphatic rings. The van der Waals surface area contributed by atoms with Crippen LogP contribution in [0.3, 0.4) is 0 Å². The lowest BCUT2D eigenvalue weighted by molar-refractivity contribution is 0.262. The standard InChI is InChI=1S/C19H23N3O2/c1-3-24-16-9-7-15(8-10-16)20-19(23)21-18-6-4-5-14-13-22(2)12-11-17(14)18/h4-10H,3,11-13H2,1-2H3,(H2,20,21,23). The lowest BCUT2D eigenvalue weighted by Gasteiger charge is -2.26. The van der Waals surface area contributed by atoms with Crippen molar-refractivity contribution in [3.05, 3.63) is 53.6 Å². The molecule has 1 aliphatic heterocycles. The fourth-order valence-corrected chi connectivity index (χ4v) is 2.95. The number of carbonyl (C=O) groups excluding carboxylic acids is 1. The Morgan fingerprint density at radius 2 is 1.96 bits per heavy atom. The Labute approximate surface area is 142 Å². The van der Waals surface area contributed by atoms with Gasteiger partial charge >= 0.3 is 6.03 Å². The lowest BCUT2D eigenvalue weighted by atomic mass is 9.98. The molecule has 0 aromatic heterocycles. The van der Waals surface area contributed by atoms with Crippen molar-refractivity contribution in [2.45, 2.75) is 19.9 Å². The number of hydrogen-bond donors (Lipinski definition) is 2. The highest BCUT2D eigenvalue weighted by Gasteiger charge is 2.17. The smallest absolute Gasteiger partial charge is 0.323 e. The SMILES string of the molecule is CCOc1ccc(NC(=O)Nc2cccc3c2CCN(C)C3)cc1. The summed E-state index contributed by atoms with van der Waals surface area (Å²) in [6, 6.07) is 13.2. The quantitative estimate of drug-likeness (QED) is 0.901. The Hall–Kier alpha value is -2.53. The minimum Gasteiger partial charge on any atom is -0.494 e. The number of rotatable bonds is 4. The number of nitrogens with one attached hydrogen (secondary N) is 2. The van der Waals surface area contributed by atoms with Crippen molar-refractivity contribution in [3.8, 4) is 5.75 Å². The molecule has 0 aliphatic carbocycles. The highest BCUT2D eigenvalue weighted by Crippen LogP contribution is 2.26. The summed E-state index contributed by atoms with van der Waals surface area (Å²) in [6.07, 6.45) is 0.950. The molecule has 5 nitrogen and oxygen atoms in total. The second-order valence-corrected chi connectivity index (χ2v) is 5.97. The molecule has 0 bridgehead atoms. The second-order valence-electron chi connectivity index (χ2n) is 5.97. The molecule has 3 rings (SSSR count). The average Bonchev–Trinajstić information content (AvgIpc) is 2.57. The number of hydrogen-bond acceptors (Lipinski definition) is 3. The summed E-state index contributed by atoms with van der Waals surface area (Å²) in [7, 11) is 2.11. The summed E-state index contributed by atoms with van der Waals surface area (Å²) < 4.78 is 5.40. The third-order valence-corrected chi connectivity index (χ3v) is 4.13. The zero-order chi connectivity index (χ0) is 16.9. The van der Waals surface area contributed by atoms with Crippen LogP contribution in [0, 0.1) is 0 Å². The van der Waals surface area contributed by atoms with Gasteiger partial charge in [-0.2, -0.15) is 0 Å². The Bertz CT molecular complexity index is 713. The van der Waals surface area contributed by atoms with Crippen molar-refractivity contribution >= 4 is 17.4 Å². The average molecular weight is 325 g/mol.